The molecule has 16 heavy (non-hydrogen) atoms. The number of aromatic nitrogens is 2. The number of hydrogen-bond acceptors (Lipinski definition) is 7. The monoisotopic (exact) mass is 228 g/mol. The normalized spacial score (nSPS) is 12.1. The average Bonchev–Trinajstić information content (AvgIpc) is 2.70. The molecule has 0 fully saturated rings. The smallest absolute Gasteiger partial charge is 0.319 e. The number of nitrogens with zero attached hydrogens (tertiary/aromatic N) is 2. The second-order valence-electron chi connectivity index (χ2n) is 2.95. The molecule has 8 nitrogen and oxygen atoms in total. The summed E-state index contributed by atoms with van der Waals surface area (Å²) in [4.78, 5) is 25.8. The maximum atomic E-state index is 11.5. The Hall–Kier alpha value is -1.93. The zero-order valence-corrected chi connectivity index (χ0v) is 8.37. The zero-order chi connectivity index (χ0) is 12.1. The van der Waals surface area contributed by atoms with Gasteiger partial charge in [0.05, 0.1) is 12.7 Å². The molecule has 0 radical (unpaired) electrons. The van der Waals surface area contributed by atoms with E-state index in [2.05, 4.69) is 9.72 Å². The summed E-state index contributed by atoms with van der Waals surface area (Å²) in [6.07, 6.45) is 2.21. The molecule has 0 aliphatic carbocycles. The van der Waals surface area contributed by atoms with Gasteiger partial charge in [0.1, 0.15) is 19.0 Å². The van der Waals surface area contributed by atoms with E-state index in [4.69, 9.17) is 11.5 Å². The van der Waals surface area contributed by atoms with Gasteiger partial charge in [-0.2, -0.15) is 0 Å². The predicted octanol–water partition coefficient (Wildman–Crippen LogP) is -1.94. The first-order chi connectivity index (χ1) is 7.56. The quantitative estimate of drug-likeness (QED) is 0.510. The molecule has 1 heterocycles. The highest BCUT2D eigenvalue weighted by atomic mass is 16.5. The Labute approximate surface area is 90.8 Å². The van der Waals surface area contributed by atoms with Crippen molar-refractivity contribution in [3.05, 3.63) is 12.5 Å². The van der Waals surface area contributed by atoms with Crippen LogP contribution in [-0.2, 0) is 9.53 Å². The van der Waals surface area contributed by atoms with Gasteiger partial charge in [0.2, 0.25) is 5.88 Å². The minimum atomic E-state index is -1.07. The van der Waals surface area contributed by atoms with E-state index >= 15 is 0 Å². The van der Waals surface area contributed by atoms with E-state index in [0.717, 1.165) is 17.1 Å². The van der Waals surface area contributed by atoms with Crippen LogP contribution in [0.4, 0.5) is 0 Å². The first-order valence-electron chi connectivity index (χ1n) is 4.43. The van der Waals surface area contributed by atoms with E-state index in [-0.39, 0.29) is 19.0 Å². The van der Waals surface area contributed by atoms with Crippen LogP contribution in [0.15, 0.2) is 12.5 Å². The standard InChI is InChI=1S/C8H12N4O4/c9-1-7(14)16-3-5(10)8(15)12-4-11-2-6(12)13/h2,4-5,13H,1,3,9-10H2/t5-/m0/s1. The van der Waals surface area contributed by atoms with Crippen molar-refractivity contribution in [2.75, 3.05) is 13.2 Å². The van der Waals surface area contributed by atoms with E-state index in [1.165, 1.54) is 0 Å². The lowest BCUT2D eigenvalue weighted by Crippen LogP contribution is -2.39. The highest BCUT2D eigenvalue weighted by Gasteiger charge is 2.19. The van der Waals surface area contributed by atoms with E-state index in [1.54, 1.807) is 0 Å². The molecule has 0 saturated heterocycles. The van der Waals surface area contributed by atoms with E-state index in [1.807, 2.05) is 0 Å². The van der Waals surface area contributed by atoms with Crippen LogP contribution in [0.5, 0.6) is 5.88 Å². The van der Waals surface area contributed by atoms with Gasteiger partial charge in [-0.15, -0.1) is 0 Å². The fourth-order valence-corrected chi connectivity index (χ4v) is 0.949. The van der Waals surface area contributed by atoms with Crippen LogP contribution in [-0.4, -0.2) is 45.7 Å². The maximum absolute atomic E-state index is 11.5. The number of carbonyl (C=O) groups is 2. The lowest BCUT2D eigenvalue weighted by molar-refractivity contribution is -0.142. The lowest BCUT2D eigenvalue weighted by atomic mass is 10.3. The van der Waals surface area contributed by atoms with Crippen LogP contribution in [0, 0.1) is 0 Å². The van der Waals surface area contributed by atoms with Crippen molar-refractivity contribution in [1.29, 1.82) is 0 Å². The van der Waals surface area contributed by atoms with Crippen molar-refractivity contribution in [2.24, 2.45) is 11.5 Å². The molecule has 0 unspecified atom stereocenters. The van der Waals surface area contributed by atoms with Gasteiger partial charge in [0.25, 0.3) is 5.91 Å². The highest BCUT2D eigenvalue weighted by molar-refractivity contribution is 5.85. The molecule has 8 heteroatoms. The van der Waals surface area contributed by atoms with Crippen LogP contribution in [0.25, 0.3) is 0 Å². The molecule has 0 bridgehead atoms. The molecule has 5 N–H and O–H groups in total. The maximum Gasteiger partial charge on any atom is 0.319 e. The Morgan fingerprint density at radius 2 is 2.31 bits per heavy atom. The number of imidazole rings is 1. The summed E-state index contributed by atoms with van der Waals surface area (Å²) in [6, 6.07) is -1.07. The highest BCUT2D eigenvalue weighted by Crippen LogP contribution is 2.06. The van der Waals surface area contributed by atoms with Gasteiger partial charge >= 0.3 is 5.97 Å². The molecule has 0 saturated carbocycles. The molecule has 1 atom stereocenters. The van der Waals surface area contributed by atoms with Crippen LogP contribution >= 0.6 is 0 Å². The van der Waals surface area contributed by atoms with Crippen molar-refractivity contribution in [1.82, 2.24) is 9.55 Å². The number of ether oxygens (including phenoxy) is 1. The largest absolute Gasteiger partial charge is 0.493 e. The molecule has 0 aliphatic rings. The lowest BCUT2D eigenvalue weighted by Gasteiger charge is -2.11. The number of carbonyl (C=O) groups excluding carboxylic acids is 2. The van der Waals surface area contributed by atoms with Crippen molar-refractivity contribution < 1.29 is 19.4 Å². The summed E-state index contributed by atoms with van der Waals surface area (Å²) in [5, 5.41) is 9.19. The Morgan fingerprint density at radius 1 is 1.62 bits per heavy atom. The third-order valence-corrected chi connectivity index (χ3v) is 1.76. The Morgan fingerprint density at radius 3 is 2.81 bits per heavy atom. The Balaban J connectivity index is 2.55. The number of hydrogen-bond donors (Lipinski definition) is 3. The molecule has 1 aromatic heterocycles. The molecule has 0 spiro atoms. The van der Waals surface area contributed by atoms with E-state index in [0.29, 0.717) is 0 Å². The fraction of sp³-hybridized carbons (Fsp3) is 0.375. The van der Waals surface area contributed by atoms with Crippen molar-refractivity contribution in [3.8, 4) is 5.88 Å². The molecule has 0 aromatic carbocycles. The van der Waals surface area contributed by atoms with Crippen molar-refractivity contribution in [3.63, 3.8) is 0 Å². The number of rotatable bonds is 4. The third kappa shape index (κ3) is 2.78. The summed E-state index contributed by atoms with van der Waals surface area (Å²) >= 11 is 0. The minimum Gasteiger partial charge on any atom is -0.493 e. The molecule has 0 amide bonds. The number of esters is 1. The van der Waals surface area contributed by atoms with Crippen LogP contribution in [0.2, 0.25) is 0 Å². The van der Waals surface area contributed by atoms with Crippen molar-refractivity contribution >= 4 is 11.9 Å². The summed E-state index contributed by atoms with van der Waals surface area (Å²) in [6.45, 7) is -0.580. The first-order valence-corrected chi connectivity index (χ1v) is 4.43. The SMILES string of the molecule is NCC(=O)OC[C@H](N)C(=O)n1cncc1O. The van der Waals surface area contributed by atoms with Crippen LogP contribution in [0.3, 0.4) is 0 Å². The van der Waals surface area contributed by atoms with Gasteiger partial charge in [-0.25, -0.2) is 9.55 Å². The summed E-state index contributed by atoms with van der Waals surface area (Å²) in [5.74, 6) is -1.61. The van der Waals surface area contributed by atoms with Gasteiger partial charge in [0, 0.05) is 0 Å². The van der Waals surface area contributed by atoms with Crippen LogP contribution < -0.4 is 11.5 Å². The summed E-state index contributed by atoms with van der Waals surface area (Å²) in [5.41, 5.74) is 10.5. The van der Waals surface area contributed by atoms with Gasteiger partial charge < -0.3 is 21.3 Å². The molecular weight excluding hydrogens is 216 g/mol. The summed E-state index contributed by atoms with van der Waals surface area (Å²) in [7, 11) is 0. The zero-order valence-electron chi connectivity index (χ0n) is 8.37. The van der Waals surface area contributed by atoms with Crippen molar-refractivity contribution in [2.45, 2.75) is 6.04 Å². The average molecular weight is 228 g/mol. The minimum absolute atomic E-state index is 0.281. The van der Waals surface area contributed by atoms with Crippen LogP contribution in [0.1, 0.15) is 4.79 Å². The fourth-order valence-electron chi connectivity index (χ4n) is 0.949. The molecular formula is C8H12N4O4. The molecule has 1 rings (SSSR count). The second kappa shape index (κ2) is 5.24. The molecule has 88 valence electrons. The Bertz CT molecular complexity index is 389. The van der Waals surface area contributed by atoms with E-state index in [9.17, 15) is 14.7 Å². The second-order valence-corrected chi connectivity index (χ2v) is 2.95. The van der Waals surface area contributed by atoms with Gasteiger partial charge in [-0.05, 0) is 0 Å². The molecule has 0 aliphatic heterocycles. The third-order valence-electron chi connectivity index (χ3n) is 1.76. The Kier molecular flexibility index (Phi) is 3.97. The molecule has 1 aromatic rings. The predicted molar refractivity (Wildman–Crippen MR) is 52.5 cm³/mol. The first kappa shape index (κ1) is 12.1. The summed E-state index contributed by atoms with van der Waals surface area (Å²) < 4.78 is 5.45. The van der Waals surface area contributed by atoms with Gasteiger partial charge in [-0.1, -0.05) is 0 Å². The topological polar surface area (TPSA) is 133 Å². The number of nitrogens with two attached hydrogens (primary N) is 2. The van der Waals surface area contributed by atoms with E-state index < -0.39 is 17.9 Å². The van der Waals surface area contributed by atoms with Gasteiger partial charge in [-0.3, -0.25) is 9.59 Å². The number of aromatic hydroxyl groups is 1. The van der Waals surface area contributed by atoms with Gasteiger partial charge in [0.15, 0.2) is 0 Å².